The second-order valence-corrected chi connectivity index (χ2v) is 4.10. The first-order valence-electron chi connectivity index (χ1n) is 5.55. The van der Waals surface area contributed by atoms with Gasteiger partial charge in [-0.2, -0.15) is 5.26 Å². The summed E-state index contributed by atoms with van der Waals surface area (Å²) >= 11 is 0. The number of carbonyl (C=O) groups excluding carboxylic acids is 1. The van der Waals surface area contributed by atoms with Crippen molar-refractivity contribution in [2.45, 2.75) is 32.2 Å². The van der Waals surface area contributed by atoms with Gasteiger partial charge in [-0.05, 0) is 26.8 Å². The number of nitrogens with zero attached hydrogens (tertiary/aromatic N) is 2. The Kier molecular flexibility index (Phi) is 4.57. The average molecular weight is 209 g/mol. The van der Waals surface area contributed by atoms with Gasteiger partial charge in [-0.15, -0.1) is 0 Å². The van der Waals surface area contributed by atoms with Crippen LogP contribution in [-0.4, -0.2) is 37.0 Å². The largest absolute Gasteiger partial charge is 0.355 e. The predicted octanol–water partition coefficient (Wildman–Crippen LogP) is 0.747. The number of amides is 1. The topological polar surface area (TPSA) is 56.1 Å². The van der Waals surface area contributed by atoms with Crippen molar-refractivity contribution < 1.29 is 4.79 Å². The summed E-state index contributed by atoms with van der Waals surface area (Å²) in [5, 5.41) is 11.7. The van der Waals surface area contributed by atoms with Gasteiger partial charge in [-0.3, -0.25) is 9.69 Å². The second-order valence-electron chi connectivity index (χ2n) is 4.10. The molecular weight excluding hydrogens is 190 g/mol. The Labute approximate surface area is 91.2 Å². The van der Waals surface area contributed by atoms with Crippen LogP contribution >= 0.6 is 0 Å². The highest BCUT2D eigenvalue weighted by molar-refractivity contribution is 5.77. The number of rotatable bonds is 4. The molecule has 1 rings (SSSR count). The number of carbonyl (C=O) groups is 1. The third-order valence-corrected chi connectivity index (χ3v) is 2.98. The summed E-state index contributed by atoms with van der Waals surface area (Å²) in [6.07, 6.45) is 3.11. The van der Waals surface area contributed by atoms with Gasteiger partial charge in [0.2, 0.25) is 5.91 Å². The second kappa shape index (κ2) is 5.72. The highest BCUT2D eigenvalue weighted by atomic mass is 16.2. The molecule has 0 aromatic heterocycles. The maximum absolute atomic E-state index is 11.4. The van der Waals surface area contributed by atoms with E-state index in [9.17, 15) is 4.79 Å². The van der Waals surface area contributed by atoms with E-state index in [1.807, 2.05) is 18.9 Å². The molecule has 4 heteroatoms. The first kappa shape index (κ1) is 12.0. The lowest BCUT2D eigenvalue weighted by atomic mass is 10.0. The van der Waals surface area contributed by atoms with Crippen molar-refractivity contribution in [3.05, 3.63) is 0 Å². The molecule has 0 aliphatic heterocycles. The van der Waals surface area contributed by atoms with Crippen molar-refractivity contribution in [2.24, 2.45) is 5.92 Å². The quantitative estimate of drug-likeness (QED) is 0.743. The van der Waals surface area contributed by atoms with E-state index in [1.54, 1.807) is 0 Å². The van der Waals surface area contributed by atoms with Gasteiger partial charge in [-0.25, -0.2) is 0 Å². The van der Waals surface area contributed by atoms with E-state index < -0.39 is 0 Å². The molecular formula is C11H19N3O. The number of likely N-dealkylation sites (N-methyl/N-ethyl adjacent to an activating group) is 2. The van der Waals surface area contributed by atoms with Crippen molar-refractivity contribution in [1.29, 1.82) is 5.26 Å². The Hall–Kier alpha value is -1.08. The lowest BCUT2D eigenvalue weighted by molar-refractivity contribution is -0.122. The Morgan fingerprint density at radius 1 is 1.60 bits per heavy atom. The van der Waals surface area contributed by atoms with Gasteiger partial charge < -0.3 is 5.32 Å². The molecule has 4 nitrogen and oxygen atoms in total. The van der Waals surface area contributed by atoms with E-state index in [2.05, 4.69) is 11.4 Å². The van der Waals surface area contributed by atoms with Crippen LogP contribution in [0.25, 0.3) is 0 Å². The summed E-state index contributed by atoms with van der Waals surface area (Å²) in [5.41, 5.74) is 0. The molecule has 0 heterocycles. The molecule has 15 heavy (non-hydrogen) atoms. The number of nitrogens with one attached hydrogen (secondary N) is 1. The van der Waals surface area contributed by atoms with Crippen LogP contribution in [0.3, 0.4) is 0 Å². The van der Waals surface area contributed by atoms with Gasteiger partial charge in [0.05, 0.1) is 18.5 Å². The van der Waals surface area contributed by atoms with Crippen LogP contribution in [-0.2, 0) is 4.79 Å². The molecule has 0 bridgehead atoms. The monoisotopic (exact) mass is 209 g/mol. The van der Waals surface area contributed by atoms with Crippen LogP contribution in [0.5, 0.6) is 0 Å². The summed E-state index contributed by atoms with van der Waals surface area (Å²) in [6.45, 7) is 2.97. The van der Waals surface area contributed by atoms with Crippen LogP contribution < -0.4 is 5.32 Å². The van der Waals surface area contributed by atoms with E-state index in [0.29, 0.717) is 13.1 Å². The minimum absolute atomic E-state index is 0.0450. The third kappa shape index (κ3) is 3.21. The number of hydrogen-bond donors (Lipinski definition) is 1. The fraction of sp³-hybridized carbons (Fsp3) is 0.818. The van der Waals surface area contributed by atoms with E-state index in [4.69, 9.17) is 5.26 Å². The van der Waals surface area contributed by atoms with Gasteiger partial charge in [-0.1, -0.05) is 6.42 Å². The van der Waals surface area contributed by atoms with Gasteiger partial charge in [0.15, 0.2) is 0 Å². The average Bonchev–Trinajstić information content (AvgIpc) is 2.65. The van der Waals surface area contributed by atoms with Crippen LogP contribution in [0.2, 0.25) is 0 Å². The van der Waals surface area contributed by atoms with Crippen LogP contribution in [0, 0.1) is 17.2 Å². The van der Waals surface area contributed by atoms with E-state index >= 15 is 0 Å². The molecule has 2 atom stereocenters. The lowest BCUT2D eigenvalue weighted by Gasteiger charge is -2.25. The molecule has 84 valence electrons. The lowest BCUT2D eigenvalue weighted by Crippen LogP contribution is -2.41. The molecule has 1 amide bonds. The molecule has 1 fully saturated rings. The smallest absolute Gasteiger partial charge is 0.234 e. The minimum Gasteiger partial charge on any atom is -0.355 e. The number of hydrogen-bond acceptors (Lipinski definition) is 3. The maximum Gasteiger partial charge on any atom is 0.234 e. The zero-order valence-corrected chi connectivity index (χ0v) is 9.49. The third-order valence-electron chi connectivity index (χ3n) is 2.98. The Morgan fingerprint density at radius 3 is 2.93 bits per heavy atom. The van der Waals surface area contributed by atoms with Crippen molar-refractivity contribution >= 4 is 5.91 Å². The zero-order valence-electron chi connectivity index (χ0n) is 9.49. The highest BCUT2D eigenvalue weighted by Gasteiger charge is 2.30. The van der Waals surface area contributed by atoms with E-state index in [1.165, 1.54) is 0 Å². The molecule has 0 spiro atoms. The molecule has 1 saturated carbocycles. The zero-order chi connectivity index (χ0) is 11.3. The van der Waals surface area contributed by atoms with Gasteiger partial charge in [0.1, 0.15) is 0 Å². The molecule has 2 unspecified atom stereocenters. The highest BCUT2D eigenvalue weighted by Crippen LogP contribution is 2.28. The first-order chi connectivity index (χ1) is 7.19. The van der Waals surface area contributed by atoms with E-state index in [0.717, 1.165) is 19.3 Å². The fourth-order valence-electron chi connectivity index (χ4n) is 2.22. The van der Waals surface area contributed by atoms with Crippen LogP contribution in [0.1, 0.15) is 26.2 Å². The molecule has 0 aromatic carbocycles. The molecule has 1 N–H and O–H groups in total. The molecule has 0 radical (unpaired) electrons. The minimum atomic E-state index is 0.0450. The van der Waals surface area contributed by atoms with Crippen molar-refractivity contribution in [3.63, 3.8) is 0 Å². The van der Waals surface area contributed by atoms with Crippen LogP contribution in [0.4, 0.5) is 0 Å². The predicted molar refractivity (Wildman–Crippen MR) is 58.1 cm³/mol. The van der Waals surface area contributed by atoms with E-state index in [-0.39, 0.29) is 17.9 Å². The summed E-state index contributed by atoms with van der Waals surface area (Å²) in [5.74, 6) is 0.146. The Bertz CT molecular complexity index is 259. The molecule has 1 aliphatic rings. The van der Waals surface area contributed by atoms with Crippen molar-refractivity contribution in [1.82, 2.24) is 10.2 Å². The SMILES string of the molecule is CCNC(=O)CN(C)C1CCCC1C#N. The molecule has 1 aliphatic carbocycles. The van der Waals surface area contributed by atoms with Crippen molar-refractivity contribution in [3.8, 4) is 6.07 Å². The standard InChI is InChI=1S/C11H19N3O/c1-3-13-11(15)8-14(2)10-6-4-5-9(10)7-12/h9-10H,3-6,8H2,1-2H3,(H,13,15). The fourth-order valence-corrected chi connectivity index (χ4v) is 2.22. The Morgan fingerprint density at radius 2 is 2.33 bits per heavy atom. The summed E-state index contributed by atoms with van der Waals surface area (Å²) in [6, 6.07) is 2.59. The Balaban J connectivity index is 2.42. The van der Waals surface area contributed by atoms with Gasteiger partial charge in [0, 0.05) is 12.6 Å². The van der Waals surface area contributed by atoms with Crippen LogP contribution in [0.15, 0.2) is 0 Å². The summed E-state index contributed by atoms with van der Waals surface area (Å²) in [4.78, 5) is 13.4. The van der Waals surface area contributed by atoms with Crippen molar-refractivity contribution in [2.75, 3.05) is 20.1 Å². The maximum atomic E-state index is 11.4. The normalized spacial score (nSPS) is 25.2. The first-order valence-corrected chi connectivity index (χ1v) is 5.55. The number of nitriles is 1. The summed E-state index contributed by atoms with van der Waals surface area (Å²) < 4.78 is 0. The molecule has 0 aromatic rings. The van der Waals surface area contributed by atoms with Gasteiger partial charge in [0.25, 0.3) is 0 Å². The van der Waals surface area contributed by atoms with Gasteiger partial charge >= 0.3 is 0 Å². The summed E-state index contributed by atoms with van der Waals surface area (Å²) in [7, 11) is 1.93. The molecule has 0 saturated heterocycles.